The Kier molecular flexibility index (Phi) is 4.06. The van der Waals surface area contributed by atoms with Gasteiger partial charge in [-0.1, -0.05) is 6.07 Å². The van der Waals surface area contributed by atoms with Crippen LogP contribution in [0, 0.1) is 0 Å². The molecule has 0 fully saturated rings. The lowest BCUT2D eigenvalue weighted by Crippen LogP contribution is -2.24. The number of methoxy groups -OCH3 is 1. The fraction of sp³-hybridized carbons (Fsp3) is 0.111. The molecule has 1 N–H and O–H groups in total. The molecular formula is C18H16N6O2. The highest BCUT2D eigenvalue weighted by Gasteiger charge is 2.13. The number of nitrogens with one attached hydrogen (secondary N) is 1. The van der Waals surface area contributed by atoms with Crippen LogP contribution in [0.4, 0.5) is 0 Å². The van der Waals surface area contributed by atoms with Crippen LogP contribution in [0.1, 0.15) is 5.56 Å². The molecule has 0 bridgehead atoms. The number of rotatable bonds is 5. The summed E-state index contributed by atoms with van der Waals surface area (Å²) in [6.45, 7) is 0.448. The molecule has 26 heavy (non-hydrogen) atoms. The largest absolute Gasteiger partial charge is 0.480 e. The number of pyridine rings is 2. The summed E-state index contributed by atoms with van der Waals surface area (Å²) in [5.74, 6) is 0.917. The lowest BCUT2D eigenvalue weighted by molar-refractivity contribution is 0.399. The van der Waals surface area contributed by atoms with E-state index in [4.69, 9.17) is 4.74 Å². The first-order valence-electron chi connectivity index (χ1n) is 7.97. The molecule has 8 heteroatoms. The second kappa shape index (κ2) is 6.67. The Morgan fingerprint density at radius 1 is 1.19 bits per heavy atom. The van der Waals surface area contributed by atoms with Crippen molar-refractivity contribution in [2.45, 2.75) is 6.54 Å². The highest BCUT2D eigenvalue weighted by atomic mass is 16.5. The van der Waals surface area contributed by atoms with Crippen LogP contribution in [0.3, 0.4) is 0 Å². The number of aromatic nitrogens is 6. The van der Waals surface area contributed by atoms with Gasteiger partial charge in [-0.2, -0.15) is 10.1 Å². The minimum absolute atomic E-state index is 0.181. The van der Waals surface area contributed by atoms with E-state index in [1.807, 2.05) is 18.2 Å². The maximum atomic E-state index is 12.7. The minimum Gasteiger partial charge on any atom is -0.480 e. The number of hydrogen-bond donors (Lipinski definition) is 1. The highest BCUT2D eigenvalue weighted by Crippen LogP contribution is 2.28. The molecule has 8 nitrogen and oxygen atoms in total. The van der Waals surface area contributed by atoms with Gasteiger partial charge in [0.25, 0.3) is 0 Å². The Bertz CT molecular complexity index is 1070. The summed E-state index contributed by atoms with van der Waals surface area (Å²) in [7, 11) is 1.55. The molecule has 0 saturated carbocycles. The molecule has 0 aliphatic rings. The van der Waals surface area contributed by atoms with Crippen molar-refractivity contribution in [2.24, 2.45) is 0 Å². The second-order valence-corrected chi connectivity index (χ2v) is 5.65. The summed E-state index contributed by atoms with van der Waals surface area (Å²) in [5, 5.41) is 6.70. The highest BCUT2D eigenvalue weighted by molar-refractivity contribution is 5.67. The summed E-state index contributed by atoms with van der Waals surface area (Å²) in [5.41, 5.74) is 2.43. The molecule has 0 radical (unpaired) electrons. The van der Waals surface area contributed by atoms with E-state index in [0.717, 1.165) is 16.7 Å². The molecule has 0 amide bonds. The third-order valence-corrected chi connectivity index (χ3v) is 4.02. The second-order valence-electron chi connectivity index (χ2n) is 5.65. The van der Waals surface area contributed by atoms with Crippen LogP contribution >= 0.6 is 0 Å². The number of hydrogen-bond acceptors (Lipinski definition) is 5. The summed E-state index contributed by atoms with van der Waals surface area (Å²) < 4.78 is 8.48. The molecule has 0 spiro atoms. The summed E-state index contributed by atoms with van der Waals surface area (Å²) in [6.07, 6.45) is 10.3. The van der Waals surface area contributed by atoms with Gasteiger partial charge >= 0.3 is 5.69 Å². The van der Waals surface area contributed by atoms with Gasteiger partial charge in [-0.3, -0.25) is 19.2 Å². The number of H-pyrrole nitrogens is 1. The molecular weight excluding hydrogens is 332 g/mol. The number of imidazole rings is 1. The number of aromatic amines is 1. The Morgan fingerprint density at radius 3 is 2.85 bits per heavy atom. The zero-order valence-corrected chi connectivity index (χ0v) is 14.0. The normalized spacial score (nSPS) is 10.8. The van der Waals surface area contributed by atoms with Crippen LogP contribution in [0.15, 0.2) is 66.2 Å². The zero-order valence-electron chi connectivity index (χ0n) is 14.0. The molecule has 130 valence electrons. The van der Waals surface area contributed by atoms with E-state index >= 15 is 0 Å². The summed E-state index contributed by atoms with van der Waals surface area (Å²) in [4.78, 5) is 21.2. The van der Waals surface area contributed by atoms with Gasteiger partial charge in [0.05, 0.1) is 19.9 Å². The van der Waals surface area contributed by atoms with Gasteiger partial charge in [-0.15, -0.1) is 0 Å². The minimum atomic E-state index is -0.181. The summed E-state index contributed by atoms with van der Waals surface area (Å²) >= 11 is 0. The first kappa shape index (κ1) is 15.8. The predicted molar refractivity (Wildman–Crippen MR) is 95.3 cm³/mol. The van der Waals surface area contributed by atoms with Crippen LogP contribution < -0.4 is 10.4 Å². The number of ether oxygens (including phenoxy) is 1. The van der Waals surface area contributed by atoms with E-state index in [9.17, 15) is 4.79 Å². The lowest BCUT2D eigenvalue weighted by Gasteiger charge is -2.08. The van der Waals surface area contributed by atoms with Gasteiger partial charge in [-0.25, -0.2) is 4.79 Å². The van der Waals surface area contributed by atoms with Gasteiger partial charge in [-0.05, 0) is 23.8 Å². The fourth-order valence-electron chi connectivity index (χ4n) is 2.73. The van der Waals surface area contributed by atoms with Gasteiger partial charge in [0.2, 0.25) is 5.88 Å². The van der Waals surface area contributed by atoms with E-state index in [2.05, 4.69) is 20.2 Å². The maximum absolute atomic E-state index is 12.7. The van der Waals surface area contributed by atoms with Crippen molar-refractivity contribution in [1.82, 2.24) is 29.3 Å². The van der Waals surface area contributed by atoms with Crippen LogP contribution in [-0.4, -0.2) is 36.4 Å². The van der Waals surface area contributed by atoms with Crippen molar-refractivity contribution in [1.29, 1.82) is 0 Å². The average molecular weight is 348 g/mol. The molecule has 0 aliphatic carbocycles. The van der Waals surface area contributed by atoms with Crippen LogP contribution in [0.2, 0.25) is 0 Å². The molecule has 0 saturated heterocycles. The molecule has 4 aromatic rings. The molecule has 4 rings (SSSR count). The van der Waals surface area contributed by atoms with Crippen molar-refractivity contribution in [2.75, 3.05) is 7.11 Å². The Labute approximate surface area is 148 Å². The zero-order chi connectivity index (χ0) is 17.9. The Balaban J connectivity index is 1.69. The molecule has 4 aromatic heterocycles. The maximum Gasteiger partial charge on any atom is 0.334 e. The molecule has 4 heterocycles. The fourth-order valence-corrected chi connectivity index (χ4v) is 2.73. The van der Waals surface area contributed by atoms with Gasteiger partial charge in [0, 0.05) is 42.1 Å². The lowest BCUT2D eigenvalue weighted by atomic mass is 10.1. The molecule has 0 aliphatic heterocycles. The van der Waals surface area contributed by atoms with Gasteiger partial charge in [0.15, 0.2) is 0 Å². The molecule has 0 aromatic carbocycles. The average Bonchev–Trinajstić information content (AvgIpc) is 3.33. The quantitative estimate of drug-likeness (QED) is 0.595. The van der Waals surface area contributed by atoms with E-state index in [0.29, 0.717) is 18.2 Å². The van der Waals surface area contributed by atoms with E-state index < -0.39 is 0 Å². The van der Waals surface area contributed by atoms with Crippen molar-refractivity contribution in [3.8, 4) is 22.8 Å². The summed E-state index contributed by atoms with van der Waals surface area (Å²) in [6, 6.07) is 7.41. The van der Waals surface area contributed by atoms with Crippen molar-refractivity contribution in [3.63, 3.8) is 0 Å². The number of nitrogens with zero attached hydrogens (tertiary/aromatic N) is 5. The monoisotopic (exact) mass is 348 g/mol. The van der Waals surface area contributed by atoms with Gasteiger partial charge in [0.1, 0.15) is 5.82 Å². The third-order valence-electron chi connectivity index (χ3n) is 4.02. The van der Waals surface area contributed by atoms with Crippen LogP contribution in [-0.2, 0) is 6.54 Å². The first-order chi connectivity index (χ1) is 12.8. The van der Waals surface area contributed by atoms with Crippen LogP contribution in [0.25, 0.3) is 16.9 Å². The third kappa shape index (κ3) is 2.88. The van der Waals surface area contributed by atoms with Crippen LogP contribution in [0.5, 0.6) is 5.88 Å². The van der Waals surface area contributed by atoms with E-state index in [1.165, 1.54) is 4.57 Å². The van der Waals surface area contributed by atoms with Crippen molar-refractivity contribution < 1.29 is 4.74 Å². The molecule has 0 unspecified atom stereocenters. The van der Waals surface area contributed by atoms with Gasteiger partial charge < -0.3 is 4.74 Å². The standard InChI is InChI=1S/C18H16N6O2/c1-26-17-15(14-10-20-21-11-14)4-5-16(22-17)24-8-7-23(18(24)25)12-13-3-2-6-19-9-13/h2-11H,12H2,1H3,(H,20,21). The first-order valence-corrected chi connectivity index (χ1v) is 7.97. The predicted octanol–water partition coefficient (Wildman–Crippen LogP) is 1.88. The molecule has 0 atom stereocenters. The Hall–Kier alpha value is -3.68. The Morgan fingerprint density at radius 2 is 2.12 bits per heavy atom. The topological polar surface area (TPSA) is 90.6 Å². The van der Waals surface area contributed by atoms with Crippen molar-refractivity contribution >= 4 is 0 Å². The smallest absolute Gasteiger partial charge is 0.334 e. The van der Waals surface area contributed by atoms with E-state index in [1.54, 1.807) is 54.9 Å². The SMILES string of the molecule is COc1nc(-n2ccn(Cc3cccnc3)c2=O)ccc1-c1cn[nH]c1. The van der Waals surface area contributed by atoms with E-state index in [-0.39, 0.29) is 5.69 Å². The van der Waals surface area contributed by atoms with Crippen molar-refractivity contribution in [3.05, 3.63) is 77.5 Å².